The summed E-state index contributed by atoms with van der Waals surface area (Å²) >= 11 is 15.1. The van der Waals surface area contributed by atoms with Crippen molar-refractivity contribution >= 4 is 50.9 Å². The summed E-state index contributed by atoms with van der Waals surface area (Å²) in [6.45, 7) is 0. The Balaban J connectivity index is 2.25. The number of rotatable bonds is 2. The predicted molar refractivity (Wildman–Crippen MR) is 76.4 cm³/mol. The molecule has 3 nitrogen and oxygen atoms in total. The molecule has 0 bridgehead atoms. The minimum atomic E-state index is -0.321. The summed E-state index contributed by atoms with van der Waals surface area (Å²) in [6, 6.07) is 8.27. The Bertz CT molecular complexity index is 584. The minimum absolute atomic E-state index is 0.320. The largest absolute Gasteiger partial charge is 0.305 e. The molecule has 0 saturated heterocycles. The van der Waals surface area contributed by atoms with Crippen LogP contribution in [0.1, 0.15) is 10.4 Å². The highest BCUT2D eigenvalue weighted by atomic mass is 79.9. The molecule has 0 aliphatic carbocycles. The standard InChI is InChI=1S/C12H7BrCl2N2O/c13-8-4-7(5-9(14)6-8)12(18)17-11-10(15)2-1-3-16-11/h1-6H,(H,16,17,18). The van der Waals surface area contributed by atoms with E-state index in [0.717, 1.165) is 4.47 Å². The molecule has 0 atom stereocenters. The van der Waals surface area contributed by atoms with E-state index in [-0.39, 0.29) is 5.91 Å². The van der Waals surface area contributed by atoms with Gasteiger partial charge in [-0.1, -0.05) is 39.1 Å². The number of nitrogens with zero attached hydrogens (tertiary/aromatic N) is 1. The van der Waals surface area contributed by atoms with Gasteiger partial charge < -0.3 is 5.32 Å². The predicted octanol–water partition coefficient (Wildman–Crippen LogP) is 4.40. The second-order valence-electron chi connectivity index (χ2n) is 3.45. The van der Waals surface area contributed by atoms with Gasteiger partial charge in [-0.3, -0.25) is 4.79 Å². The Hall–Kier alpha value is -1.10. The van der Waals surface area contributed by atoms with Gasteiger partial charge in [-0.25, -0.2) is 4.98 Å². The first kappa shape index (κ1) is 13.3. The zero-order chi connectivity index (χ0) is 13.1. The van der Waals surface area contributed by atoms with Gasteiger partial charge in [0.25, 0.3) is 5.91 Å². The molecule has 1 heterocycles. The molecule has 0 spiro atoms. The van der Waals surface area contributed by atoms with E-state index in [9.17, 15) is 4.79 Å². The molecule has 0 saturated carbocycles. The van der Waals surface area contributed by atoms with Crippen molar-refractivity contribution in [1.29, 1.82) is 0 Å². The van der Waals surface area contributed by atoms with E-state index >= 15 is 0 Å². The van der Waals surface area contributed by atoms with Gasteiger partial charge in [-0.15, -0.1) is 0 Å². The fourth-order valence-corrected chi connectivity index (χ4v) is 2.37. The lowest BCUT2D eigenvalue weighted by atomic mass is 10.2. The summed E-state index contributed by atoms with van der Waals surface area (Å²) in [5.74, 6) is -0.000866. The van der Waals surface area contributed by atoms with Gasteiger partial charge in [0, 0.05) is 21.3 Å². The fourth-order valence-electron chi connectivity index (χ4n) is 1.34. The van der Waals surface area contributed by atoms with Crippen molar-refractivity contribution in [2.45, 2.75) is 0 Å². The SMILES string of the molecule is O=C(Nc1ncccc1Cl)c1cc(Cl)cc(Br)c1. The molecule has 18 heavy (non-hydrogen) atoms. The lowest BCUT2D eigenvalue weighted by Gasteiger charge is -2.06. The summed E-state index contributed by atoms with van der Waals surface area (Å²) in [4.78, 5) is 16.0. The molecular weight excluding hydrogens is 339 g/mol. The van der Waals surface area contributed by atoms with Crippen LogP contribution in [0.15, 0.2) is 41.0 Å². The zero-order valence-electron chi connectivity index (χ0n) is 8.95. The highest BCUT2D eigenvalue weighted by Crippen LogP contribution is 2.22. The highest BCUT2D eigenvalue weighted by molar-refractivity contribution is 9.10. The number of hydrogen-bond acceptors (Lipinski definition) is 2. The van der Waals surface area contributed by atoms with E-state index in [2.05, 4.69) is 26.2 Å². The topological polar surface area (TPSA) is 42.0 Å². The van der Waals surface area contributed by atoms with Gasteiger partial charge >= 0.3 is 0 Å². The first-order valence-corrected chi connectivity index (χ1v) is 6.49. The molecular formula is C12H7BrCl2N2O. The van der Waals surface area contributed by atoms with Crippen LogP contribution in [0.3, 0.4) is 0 Å². The lowest BCUT2D eigenvalue weighted by Crippen LogP contribution is -2.13. The quantitative estimate of drug-likeness (QED) is 0.876. The van der Waals surface area contributed by atoms with Gasteiger partial charge in [0.1, 0.15) is 0 Å². The van der Waals surface area contributed by atoms with Gasteiger partial charge in [0.05, 0.1) is 5.02 Å². The first-order valence-electron chi connectivity index (χ1n) is 4.94. The Morgan fingerprint density at radius 3 is 2.72 bits per heavy atom. The van der Waals surface area contributed by atoms with Gasteiger partial charge in [-0.05, 0) is 30.3 Å². The van der Waals surface area contributed by atoms with Crippen LogP contribution < -0.4 is 5.32 Å². The average Bonchev–Trinajstić information content (AvgIpc) is 2.31. The number of halogens is 3. The van der Waals surface area contributed by atoms with Crippen LogP contribution in [-0.4, -0.2) is 10.9 Å². The second kappa shape index (κ2) is 5.69. The maximum absolute atomic E-state index is 12.0. The van der Waals surface area contributed by atoms with Gasteiger partial charge in [-0.2, -0.15) is 0 Å². The summed E-state index contributed by atoms with van der Waals surface area (Å²) in [5, 5.41) is 3.47. The maximum Gasteiger partial charge on any atom is 0.256 e. The number of anilines is 1. The van der Waals surface area contributed by atoms with Gasteiger partial charge in [0.2, 0.25) is 0 Å². The number of aromatic nitrogens is 1. The molecule has 2 rings (SSSR count). The third-order valence-electron chi connectivity index (χ3n) is 2.12. The average molecular weight is 346 g/mol. The zero-order valence-corrected chi connectivity index (χ0v) is 12.1. The van der Waals surface area contributed by atoms with E-state index in [1.54, 1.807) is 36.5 Å². The number of amides is 1. The Labute approximate surface area is 122 Å². The molecule has 1 aromatic heterocycles. The van der Waals surface area contributed by atoms with Crippen molar-refractivity contribution in [3.63, 3.8) is 0 Å². The summed E-state index contributed by atoms with van der Waals surface area (Å²) in [5.41, 5.74) is 0.427. The maximum atomic E-state index is 12.0. The Morgan fingerprint density at radius 2 is 2.06 bits per heavy atom. The molecule has 1 N–H and O–H groups in total. The highest BCUT2D eigenvalue weighted by Gasteiger charge is 2.10. The molecule has 92 valence electrons. The molecule has 0 aliphatic rings. The lowest BCUT2D eigenvalue weighted by molar-refractivity contribution is 0.102. The molecule has 1 amide bonds. The molecule has 0 aliphatic heterocycles. The Morgan fingerprint density at radius 1 is 1.28 bits per heavy atom. The van der Waals surface area contributed by atoms with Crippen LogP contribution >= 0.6 is 39.1 Å². The van der Waals surface area contributed by atoms with E-state index in [0.29, 0.717) is 21.4 Å². The smallest absolute Gasteiger partial charge is 0.256 e. The monoisotopic (exact) mass is 344 g/mol. The number of carbonyl (C=O) groups is 1. The van der Waals surface area contributed by atoms with E-state index in [1.165, 1.54) is 0 Å². The Kier molecular flexibility index (Phi) is 4.22. The third-order valence-corrected chi connectivity index (χ3v) is 3.10. The van der Waals surface area contributed by atoms with E-state index < -0.39 is 0 Å². The van der Waals surface area contributed by atoms with Crippen molar-refractivity contribution in [3.05, 3.63) is 56.6 Å². The van der Waals surface area contributed by atoms with Crippen LogP contribution in [0.5, 0.6) is 0 Å². The first-order chi connectivity index (χ1) is 8.56. The van der Waals surface area contributed by atoms with E-state index in [4.69, 9.17) is 23.2 Å². The number of benzene rings is 1. The van der Waals surface area contributed by atoms with Crippen LogP contribution in [0, 0.1) is 0 Å². The van der Waals surface area contributed by atoms with Crippen molar-refractivity contribution in [2.24, 2.45) is 0 Å². The van der Waals surface area contributed by atoms with Gasteiger partial charge in [0.15, 0.2) is 5.82 Å². The summed E-state index contributed by atoms with van der Waals surface area (Å²) in [6.07, 6.45) is 1.55. The molecule has 2 aromatic rings. The summed E-state index contributed by atoms with van der Waals surface area (Å²) < 4.78 is 0.729. The van der Waals surface area contributed by atoms with E-state index in [1.807, 2.05) is 0 Å². The molecule has 0 unspecified atom stereocenters. The normalized spacial score (nSPS) is 10.2. The van der Waals surface area contributed by atoms with Crippen molar-refractivity contribution in [3.8, 4) is 0 Å². The van der Waals surface area contributed by atoms with Crippen LogP contribution in [0.25, 0.3) is 0 Å². The molecule has 1 aromatic carbocycles. The molecule has 0 fully saturated rings. The minimum Gasteiger partial charge on any atom is -0.305 e. The van der Waals surface area contributed by atoms with Crippen LogP contribution in [0.4, 0.5) is 5.82 Å². The number of carbonyl (C=O) groups excluding carboxylic acids is 1. The molecule has 6 heteroatoms. The number of nitrogens with one attached hydrogen (secondary N) is 1. The summed E-state index contributed by atoms with van der Waals surface area (Å²) in [7, 11) is 0. The fraction of sp³-hybridized carbons (Fsp3) is 0. The number of hydrogen-bond donors (Lipinski definition) is 1. The van der Waals surface area contributed by atoms with Crippen molar-refractivity contribution in [2.75, 3.05) is 5.32 Å². The molecule has 0 radical (unpaired) electrons. The third kappa shape index (κ3) is 3.22. The van der Waals surface area contributed by atoms with Crippen molar-refractivity contribution < 1.29 is 4.79 Å². The van der Waals surface area contributed by atoms with Crippen LogP contribution in [-0.2, 0) is 0 Å². The van der Waals surface area contributed by atoms with Crippen LogP contribution in [0.2, 0.25) is 10.0 Å². The second-order valence-corrected chi connectivity index (χ2v) is 5.21. The van der Waals surface area contributed by atoms with Crippen molar-refractivity contribution in [1.82, 2.24) is 4.98 Å². The number of pyridine rings is 1.